The lowest BCUT2D eigenvalue weighted by molar-refractivity contribution is -0.120. The third-order valence-electron chi connectivity index (χ3n) is 3.94. The van der Waals surface area contributed by atoms with Crippen LogP contribution in [0.25, 0.3) is 0 Å². The van der Waals surface area contributed by atoms with Gasteiger partial charge in [0.1, 0.15) is 0 Å². The van der Waals surface area contributed by atoms with Gasteiger partial charge >= 0.3 is 0 Å². The fraction of sp³-hybridized carbons (Fsp3) is 0.529. The standard InChI is InChI=1S/C17H23ClN2O3/c1-11(2)19-16(22)13-6-5-12(18)9-14(13)20-15(21)10-17(23)7-3-4-8-17/h5-6,9,11,23H,3-4,7-8,10H2,1-2H3,(H,19,22)(H,20,21). The second-order valence-corrected chi connectivity index (χ2v) is 6.91. The fourth-order valence-corrected chi connectivity index (χ4v) is 3.03. The maximum atomic E-state index is 12.2. The molecule has 1 fully saturated rings. The highest BCUT2D eigenvalue weighted by molar-refractivity contribution is 6.31. The Morgan fingerprint density at radius 3 is 2.57 bits per heavy atom. The molecule has 1 aliphatic carbocycles. The molecule has 0 atom stereocenters. The normalized spacial score (nSPS) is 16.4. The number of hydrogen-bond acceptors (Lipinski definition) is 3. The van der Waals surface area contributed by atoms with Gasteiger partial charge in [0.05, 0.1) is 23.3 Å². The van der Waals surface area contributed by atoms with Crippen LogP contribution < -0.4 is 10.6 Å². The summed E-state index contributed by atoms with van der Waals surface area (Å²) in [4.78, 5) is 24.5. The van der Waals surface area contributed by atoms with Crippen molar-refractivity contribution in [1.82, 2.24) is 5.32 Å². The van der Waals surface area contributed by atoms with Crippen molar-refractivity contribution < 1.29 is 14.7 Å². The number of halogens is 1. The number of amides is 2. The van der Waals surface area contributed by atoms with Crippen LogP contribution in [-0.2, 0) is 4.79 Å². The molecule has 6 heteroatoms. The highest BCUT2D eigenvalue weighted by Crippen LogP contribution is 2.32. The van der Waals surface area contributed by atoms with E-state index in [2.05, 4.69) is 10.6 Å². The minimum atomic E-state index is -0.928. The Morgan fingerprint density at radius 2 is 1.96 bits per heavy atom. The lowest BCUT2D eigenvalue weighted by Crippen LogP contribution is -2.33. The Bertz CT molecular complexity index is 596. The van der Waals surface area contributed by atoms with Gasteiger partial charge in [0.2, 0.25) is 5.91 Å². The predicted molar refractivity (Wildman–Crippen MR) is 90.7 cm³/mol. The molecule has 1 saturated carbocycles. The molecule has 3 N–H and O–H groups in total. The van der Waals surface area contributed by atoms with Crippen molar-refractivity contribution in [2.75, 3.05) is 5.32 Å². The third-order valence-corrected chi connectivity index (χ3v) is 4.18. The van der Waals surface area contributed by atoms with E-state index in [9.17, 15) is 14.7 Å². The zero-order valence-electron chi connectivity index (χ0n) is 13.5. The van der Waals surface area contributed by atoms with Gasteiger partial charge in [-0.3, -0.25) is 9.59 Å². The van der Waals surface area contributed by atoms with Crippen LogP contribution in [0, 0.1) is 0 Å². The number of hydrogen-bond donors (Lipinski definition) is 3. The molecule has 1 aromatic rings. The molecule has 0 spiro atoms. The van der Waals surface area contributed by atoms with Gasteiger partial charge in [-0.2, -0.15) is 0 Å². The number of aliphatic hydroxyl groups is 1. The molecule has 126 valence electrons. The number of anilines is 1. The molecule has 2 amide bonds. The first kappa shape index (κ1) is 17.8. The molecule has 0 unspecified atom stereocenters. The molecule has 2 rings (SSSR count). The summed E-state index contributed by atoms with van der Waals surface area (Å²) in [5.41, 5.74) is -0.208. The summed E-state index contributed by atoms with van der Waals surface area (Å²) in [7, 11) is 0. The zero-order chi connectivity index (χ0) is 17.0. The van der Waals surface area contributed by atoms with E-state index in [0.29, 0.717) is 29.1 Å². The summed E-state index contributed by atoms with van der Waals surface area (Å²) in [5, 5.41) is 16.3. The average Bonchev–Trinajstić information content (AvgIpc) is 2.83. The molecule has 0 saturated heterocycles. The molecule has 23 heavy (non-hydrogen) atoms. The topological polar surface area (TPSA) is 78.4 Å². The van der Waals surface area contributed by atoms with E-state index in [-0.39, 0.29) is 24.3 Å². The van der Waals surface area contributed by atoms with Crippen molar-refractivity contribution in [2.45, 2.75) is 57.6 Å². The first-order chi connectivity index (χ1) is 10.8. The van der Waals surface area contributed by atoms with Crippen LogP contribution in [0.5, 0.6) is 0 Å². The van der Waals surface area contributed by atoms with Gasteiger partial charge < -0.3 is 15.7 Å². The van der Waals surface area contributed by atoms with Gasteiger partial charge in [0.25, 0.3) is 5.91 Å². The number of carbonyl (C=O) groups is 2. The van der Waals surface area contributed by atoms with Gasteiger partial charge in [-0.05, 0) is 44.9 Å². The van der Waals surface area contributed by atoms with Crippen molar-refractivity contribution >= 4 is 29.1 Å². The number of nitrogens with one attached hydrogen (secondary N) is 2. The Balaban J connectivity index is 2.13. The van der Waals surface area contributed by atoms with E-state index >= 15 is 0 Å². The number of rotatable bonds is 5. The minimum absolute atomic E-state index is 0.0130. The first-order valence-corrected chi connectivity index (χ1v) is 8.29. The second-order valence-electron chi connectivity index (χ2n) is 6.47. The Labute approximate surface area is 141 Å². The van der Waals surface area contributed by atoms with Crippen LogP contribution in [-0.4, -0.2) is 28.6 Å². The monoisotopic (exact) mass is 338 g/mol. The highest BCUT2D eigenvalue weighted by Gasteiger charge is 2.33. The van der Waals surface area contributed by atoms with Crippen LogP contribution in [0.1, 0.15) is 56.3 Å². The average molecular weight is 339 g/mol. The summed E-state index contributed by atoms with van der Waals surface area (Å²) >= 11 is 5.98. The van der Waals surface area contributed by atoms with Crippen molar-refractivity contribution in [3.63, 3.8) is 0 Å². The minimum Gasteiger partial charge on any atom is -0.389 e. The summed E-state index contributed by atoms with van der Waals surface area (Å²) < 4.78 is 0. The molecule has 0 aliphatic heterocycles. The number of benzene rings is 1. The van der Waals surface area contributed by atoms with E-state index < -0.39 is 5.60 Å². The lowest BCUT2D eigenvalue weighted by atomic mass is 9.97. The smallest absolute Gasteiger partial charge is 0.253 e. The van der Waals surface area contributed by atoms with Gasteiger partial charge in [-0.1, -0.05) is 24.4 Å². The van der Waals surface area contributed by atoms with Crippen LogP contribution in [0.15, 0.2) is 18.2 Å². The SMILES string of the molecule is CC(C)NC(=O)c1ccc(Cl)cc1NC(=O)CC1(O)CCCC1. The summed E-state index contributed by atoms with van der Waals surface area (Å²) in [6.45, 7) is 3.73. The molecule has 0 radical (unpaired) electrons. The van der Waals surface area contributed by atoms with Crippen LogP contribution in [0.3, 0.4) is 0 Å². The van der Waals surface area contributed by atoms with Gasteiger partial charge in [-0.25, -0.2) is 0 Å². The van der Waals surface area contributed by atoms with Crippen LogP contribution >= 0.6 is 11.6 Å². The maximum Gasteiger partial charge on any atom is 0.253 e. The summed E-state index contributed by atoms with van der Waals surface area (Å²) in [5.74, 6) is -0.582. The van der Waals surface area contributed by atoms with Gasteiger partial charge in [0, 0.05) is 11.1 Å². The van der Waals surface area contributed by atoms with Crippen molar-refractivity contribution in [1.29, 1.82) is 0 Å². The fourth-order valence-electron chi connectivity index (χ4n) is 2.86. The van der Waals surface area contributed by atoms with Gasteiger partial charge in [-0.15, -0.1) is 0 Å². The molecule has 0 heterocycles. The highest BCUT2D eigenvalue weighted by atomic mass is 35.5. The molecule has 5 nitrogen and oxygen atoms in total. The molecule has 0 aromatic heterocycles. The van der Waals surface area contributed by atoms with E-state index in [1.54, 1.807) is 18.2 Å². The molecule has 1 aliphatic rings. The summed E-state index contributed by atoms with van der Waals surface area (Å²) in [6.07, 6.45) is 3.17. The third kappa shape index (κ3) is 4.94. The van der Waals surface area contributed by atoms with E-state index in [0.717, 1.165) is 12.8 Å². The molecular formula is C17H23ClN2O3. The Kier molecular flexibility index (Phi) is 5.65. The summed E-state index contributed by atoms with van der Waals surface area (Å²) in [6, 6.07) is 4.73. The van der Waals surface area contributed by atoms with E-state index in [1.807, 2.05) is 13.8 Å². The zero-order valence-corrected chi connectivity index (χ0v) is 14.2. The molecule has 1 aromatic carbocycles. The molecule has 0 bridgehead atoms. The van der Waals surface area contributed by atoms with Crippen LogP contribution in [0.4, 0.5) is 5.69 Å². The van der Waals surface area contributed by atoms with E-state index in [1.165, 1.54) is 0 Å². The van der Waals surface area contributed by atoms with Crippen molar-refractivity contribution in [3.8, 4) is 0 Å². The maximum absolute atomic E-state index is 12.2. The number of carbonyl (C=O) groups excluding carboxylic acids is 2. The molecular weight excluding hydrogens is 316 g/mol. The first-order valence-electron chi connectivity index (χ1n) is 7.92. The van der Waals surface area contributed by atoms with Crippen LogP contribution in [0.2, 0.25) is 5.02 Å². The predicted octanol–water partition coefficient (Wildman–Crippen LogP) is 3.11. The lowest BCUT2D eigenvalue weighted by Gasteiger charge is -2.21. The Morgan fingerprint density at radius 1 is 1.30 bits per heavy atom. The van der Waals surface area contributed by atoms with Crippen molar-refractivity contribution in [2.24, 2.45) is 0 Å². The largest absolute Gasteiger partial charge is 0.389 e. The second kappa shape index (κ2) is 7.32. The van der Waals surface area contributed by atoms with Gasteiger partial charge in [0.15, 0.2) is 0 Å². The van der Waals surface area contributed by atoms with Crippen molar-refractivity contribution in [3.05, 3.63) is 28.8 Å². The quantitative estimate of drug-likeness (QED) is 0.771. The van der Waals surface area contributed by atoms with E-state index in [4.69, 9.17) is 11.6 Å². The Hall–Kier alpha value is -1.59.